The van der Waals surface area contributed by atoms with Gasteiger partial charge in [0.25, 0.3) is 0 Å². The Morgan fingerprint density at radius 2 is 1.89 bits per heavy atom. The largest absolute Gasteiger partial charge is 0.317 e. The lowest BCUT2D eigenvalue weighted by Gasteiger charge is -2.16. The predicted molar refractivity (Wildman–Crippen MR) is 82.5 cm³/mol. The summed E-state index contributed by atoms with van der Waals surface area (Å²) in [6.45, 7) is 9.03. The molecule has 0 amide bonds. The van der Waals surface area contributed by atoms with Crippen molar-refractivity contribution in [2.45, 2.75) is 71.9 Å². The van der Waals surface area contributed by atoms with E-state index in [1.54, 1.807) is 0 Å². The molecule has 0 saturated carbocycles. The van der Waals surface area contributed by atoms with Gasteiger partial charge in [-0.25, -0.2) is 0 Å². The summed E-state index contributed by atoms with van der Waals surface area (Å²) in [5.74, 6) is 0.776. The molecule has 1 atom stereocenters. The first-order valence-electron chi connectivity index (χ1n) is 7.81. The van der Waals surface area contributed by atoms with Crippen molar-refractivity contribution in [3.05, 3.63) is 18.0 Å². The van der Waals surface area contributed by atoms with E-state index in [1.165, 1.54) is 18.5 Å². The number of likely N-dealkylation sites (N-methyl/N-ethyl adjacent to an activating group) is 1. The van der Waals surface area contributed by atoms with Gasteiger partial charge in [0.2, 0.25) is 0 Å². The summed E-state index contributed by atoms with van der Waals surface area (Å²) in [4.78, 5) is 0. The Kier molecular flexibility index (Phi) is 7.14. The summed E-state index contributed by atoms with van der Waals surface area (Å²) >= 11 is 0. The second-order valence-electron chi connectivity index (χ2n) is 5.92. The van der Waals surface area contributed by atoms with Crippen LogP contribution in [0.25, 0.3) is 0 Å². The van der Waals surface area contributed by atoms with Gasteiger partial charge in [0.05, 0.1) is 11.7 Å². The zero-order valence-electron chi connectivity index (χ0n) is 13.3. The quantitative estimate of drug-likeness (QED) is 0.736. The van der Waals surface area contributed by atoms with Gasteiger partial charge in [-0.3, -0.25) is 4.68 Å². The molecular weight excluding hydrogens is 234 g/mol. The lowest BCUT2D eigenvalue weighted by atomic mass is 10.0. The molecule has 0 bridgehead atoms. The van der Waals surface area contributed by atoms with Crippen LogP contribution < -0.4 is 5.32 Å². The molecule has 1 aromatic heterocycles. The molecule has 3 nitrogen and oxygen atoms in total. The van der Waals surface area contributed by atoms with Crippen molar-refractivity contribution in [2.24, 2.45) is 5.92 Å². The van der Waals surface area contributed by atoms with Crippen molar-refractivity contribution in [1.29, 1.82) is 0 Å². The fourth-order valence-electron chi connectivity index (χ4n) is 2.49. The second-order valence-corrected chi connectivity index (χ2v) is 5.92. The van der Waals surface area contributed by atoms with Crippen molar-refractivity contribution >= 4 is 0 Å². The van der Waals surface area contributed by atoms with E-state index in [0.29, 0.717) is 12.1 Å². The Morgan fingerprint density at radius 1 is 1.21 bits per heavy atom. The summed E-state index contributed by atoms with van der Waals surface area (Å²) in [7, 11) is 2.06. The van der Waals surface area contributed by atoms with Gasteiger partial charge in [-0.05, 0) is 44.7 Å². The molecule has 1 aromatic rings. The van der Waals surface area contributed by atoms with Crippen LogP contribution in [0, 0.1) is 5.92 Å². The molecule has 0 aliphatic rings. The zero-order valence-corrected chi connectivity index (χ0v) is 13.3. The monoisotopic (exact) mass is 265 g/mol. The third-order valence-corrected chi connectivity index (χ3v) is 3.94. The maximum atomic E-state index is 4.74. The van der Waals surface area contributed by atoms with Crippen LogP contribution in [0.3, 0.4) is 0 Å². The normalized spacial score (nSPS) is 13.4. The highest BCUT2D eigenvalue weighted by atomic mass is 15.3. The van der Waals surface area contributed by atoms with E-state index < -0.39 is 0 Å². The summed E-state index contributed by atoms with van der Waals surface area (Å²) in [6, 6.07) is 3.28. The SMILES string of the molecule is CCC(CC)n1ccc(CC(CCC(C)C)NC)n1. The maximum Gasteiger partial charge on any atom is 0.0640 e. The minimum absolute atomic E-state index is 0.549. The number of aromatic nitrogens is 2. The Balaban J connectivity index is 2.55. The summed E-state index contributed by atoms with van der Waals surface area (Å²) < 4.78 is 2.14. The van der Waals surface area contributed by atoms with Crippen molar-refractivity contribution < 1.29 is 0 Å². The zero-order chi connectivity index (χ0) is 14.3. The van der Waals surface area contributed by atoms with Crippen LogP contribution in [0.2, 0.25) is 0 Å². The van der Waals surface area contributed by atoms with Crippen LogP contribution in [-0.4, -0.2) is 22.9 Å². The number of hydrogen-bond donors (Lipinski definition) is 1. The first-order chi connectivity index (χ1) is 9.10. The number of rotatable bonds is 9. The molecule has 0 radical (unpaired) electrons. The van der Waals surface area contributed by atoms with Gasteiger partial charge in [-0.1, -0.05) is 27.7 Å². The van der Waals surface area contributed by atoms with Crippen LogP contribution >= 0.6 is 0 Å². The van der Waals surface area contributed by atoms with Gasteiger partial charge < -0.3 is 5.32 Å². The number of hydrogen-bond acceptors (Lipinski definition) is 2. The van der Waals surface area contributed by atoms with Crippen LogP contribution in [0.15, 0.2) is 12.3 Å². The lowest BCUT2D eigenvalue weighted by Crippen LogP contribution is -2.28. The molecule has 1 heterocycles. The summed E-state index contributed by atoms with van der Waals surface area (Å²) in [5, 5.41) is 8.17. The molecule has 3 heteroatoms. The van der Waals surface area contributed by atoms with E-state index in [-0.39, 0.29) is 0 Å². The topological polar surface area (TPSA) is 29.9 Å². The van der Waals surface area contributed by atoms with Gasteiger partial charge in [0.1, 0.15) is 0 Å². The van der Waals surface area contributed by atoms with E-state index in [2.05, 4.69) is 57.0 Å². The highest BCUT2D eigenvalue weighted by molar-refractivity contribution is 5.02. The van der Waals surface area contributed by atoms with E-state index in [4.69, 9.17) is 5.10 Å². The van der Waals surface area contributed by atoms with Crippen LogP contribution in [0.5, 0.6) is 0 Å². The molecule has 0 aliphatic heterocycles. The van der Waals surface area contributed by atoms with Gasteiger partial charge in [0, 0.05) is 18.7 Å². The number of nitrogens with one attached hydrogen (secondary N) is 1. The van der Waals surface area contributed by atoms with Crippen molar-refractivity contribution in [2.75, 3.05) is 7.05 Å². The summed E-state index contributed by atoms with van der Waals surface area (Å²) in [6.07, 6.45) is 7.99. The highest BCUT2D eigenvalue weighted by Crippen LogP contribution is 2.16. The minimum atomic E-state index is 0.549. The van der Waals surface area contributed by atoms with Crippen LogP contribution in [0.4, 0.5) is 0 Å². The van der Waals surface area contributed by atoms with E-state index >= 15 is 0 Å². The second kappa shape index (κ2) is 8.36. The van der Waals surface area contributed by atoms with Crippen molar-refractivity contribution in [1.82, 2.24) is 15.1 Å². The Labute approximate surface area is 118 Å². The molecular formula is C16H31N3. The van der Waals surface area contributed by atoms with E-state index in [9.17, 15) is 0 Å². The minimum Gasteiger partial charge on any atom is -0.317 e. The molecule has 0 fully saturated rings. The van der Waals surface area contributed by atoms with Crippen LogP contribution in [0.1, 0.15) is 65.1 Å². The molecule has 19 heavy (non-hydrogen) atoms. The Bertz CT molecular complexity index is 340. The predicted octanol–water partition coefficient (Wildman–Crippen LogP) is 3.81. The van der Waals surface area contributed by atoms with Gasteiger partial charge in [-0.2, -0.15) is 5.10 Å². The fourth-order valence-corrected chi connectivity index (χ4v) is 2.49. The van der Waals surface area contributed by atoms with Gasteiger partial charge in [0.15, 0.2) is 0 Å². The maximum absolute atomic E-state index is 4.74. The van der Waals surface area contributed by atoms with Gasteiger partial charge >= 0.3 is 0 Å². The average Bonchev–Trinajstić information content (AvgIpc) is 2.84. The van der Waals surface area contributed by atoms with Crippen molar-refractivity contribution in [3.8, 4) is 0 Å². The smallest absolute Gasteiger partial charge is 0.0640 e. The molecule has 110 valence electrons. The van der Waals surface area contributed by atoms with Gasteiger partial charge in [-0.15, -0.1) is 0 Å². The Hall–Kier alpha value is -0.830. The lowest BCUT2D eigenvalue weighted by molar-refractivity contribution is 0.416. The van der Waals surface area contributed by atoms with Crippen molar-refractivity contribution in [3.63, 3.8) is 0 Å². The van der Waals surface area contributed by atoms with E-state index in [1.807, 2.05) is 0 Å². The third-order valence-electron chi connectivity index (χ3n) is 3.94. The van der Waals surface area contributed by atoms with Crippen LogP contribution in [-0.2, 0) is 6.42 Å². The third kappa shape index (κ3) is 5.35. The summed E-state index contributed by atoms with van der Waals surface area (Å²) in [5.41, 5.74) is 1.22. The highest BCUT2D eigenvalue weighted by Gasteiger charge is 2.12. The number of nitrogens with zero attached hydrogens (tertiary/aromatic N) is 2. The average molecular weight is 265 g/mol. The van der Waals surface area contributed by atoms with E-state index in [0.717, 1.165) is 25.2 Å². The first kappa shape index (κ1) is 16.2. The standard InChI is InChI=1S/C16H31N3/c1-6-16(7-2)19-11-10-15(18-19)12-14(17-5)9-8-13(3)4/h10-11,13-14,16-17H,6-9,12H2,1-5H3. The molecule has 0 aromatic carbocycles. The molecule has 0 aliphatic carbocycles. The first-order valence-corrected chi connectivity index (χ1v) is 7.81. The molecule has 0 spiro atoms. The molecule has 1 N–H and O–H groups in total. The molecule has 1 unspecified atom stereocenters. The molecule has 1 rings (SSSR count). The molecule has 0 saturated heterocycles. The Morgan fingerprint density at radius 3 is 2.42 bits per heavy atom. The fraction of sp³-hybridized carbons (Fsp3) is 0.812.